The van der Waals surface area contributed by atoms with Crippen molar-refractivity contribution in [3.05, 3.63) is 34.9 Å². The van der Waals surface area contributed by atoms with Gasteiger partial charge >= 0.3 is 5.97 Å². The Bertz CT molecular complexity index is 414. The van der Waals surface area contributed by atoms with E-state index in [0.29, 0.717) is 6.42 Å². The van der Waals surface area contributed by atoms with Crippen LogP contribution in [-0.4, -0.2) is 35.6 Å². The van der Waals surface area contributed by atoms with Crippen molar-refractivity contribution in [2.24, 2.45) is 0 Å². The van der Waals surface area contributed by atoms with Crippen LogP contribution in [0.5, 0.6) is 0 Å². The van der Waals surface area contributed by atoms with Crippen molar-refractivity contribution in [1.82, 2.24) is 4.90 Å². The first kappa shape index (κ1) is 11.1. The van der Waals surface area contributed by atoms with Crippen LogP contribution in [0.4, 0.5) is 0 Å². The average molecular weight is 219 g/mol. The summed E-state index contributed by atoms with van der Waals surface area (Å²) in [5, 5.41) is 9.19. The Balaban J connectivity index is 2.38. The molecule has 1 aromatic carbocycles. The van der Waals surface area contributed by atoms with Crippen LogP contribution in [0.25, 0.3) is 0 Å². The van der Waals surface area contributed by atoms with E-state index in [4.69, 9.17) is 0 Å². The van der Waals surface area contributed by atoms with Crippen molar-refractivity contribution in [2.75, 3.05) is 13.6 Å². The van der Waals surface area contributed by atoms with E-state index in [1.807, 2.05) is 18.0 Å². The Morgan fingerprint density at radius 2 is 2.25 bits per heavy atom. The van der Waals surface area contributed by atoms with Crippen LogP contribution in [-0.2, 0) is 17.6 Å². The number of carbonyl (C=O) groups is 1. The molecule has 1 heterocycles. The van der Waals surface area contributed by atoms with Gasteiger partial charge in [-0.3, -0.25) is 9.69 Å². The molecule has 1 aliphatic rings. The van der Waals surface area contributed by atoms with Gasteiger partial charge in [-0.05, 0) is 43.5 Å². The number of carboxylic acids is 1. The van der Waals surface area contributed by atoms with E-state index < -0.39 is 5.97 Å². The fourth-order valence-corrected chi connectivity index (χ4v) is 2.40. The number of hydrogen-bond donors (Lipinski definition) is 1. The Labute approximate surface area is 95.7 Å². The molecule has 1 atom stereocenters. The molecule has 16 heavy (non-hydrogen) atoms. The molecule has 0 aromatic heterocycles. The van der Waals surface area contributed by atoms with E-state index in [0.717, 1.165) is 13.0 Å². The van der Waals surface area contributed by atoms with Crippen LogP contribution in [0.3, 0.4) is 0 Å². The highest BCUT2D eigenvalue weighted by Gasteiger charge is 2.26. The molecule has 0 amide bonds. The number of carboxylic acid groups (broad SMARTS) is 1. The summed E-state index contributed by atoms with van der Waals surface area (Å²) < 4.78 is 0. The van der Waals surface area contributed by atoms with Crippen molar-refractivity contribution >= 4 is 5.97 Å². The summed E-state index contributed by atoms with van der Waals surface area (Å²) in [4.78, 5) is 13.1. The largest absolute Gasteiger partial charge is 0.480 e. The maximum absolute atomic E-state index is 11.2. The van der Waals surface area contributed by atoms with Gasteiger partial charge in [-0.15, -0.1) is 0 Å². The number of hydrogen-bond acceptors (Lipinski definition) is 2. The molecule has 86 valence electrons. The van der Waals surface area contributed by atoms with E-state index in [1.54, 1.807) is 0 Å². The van der Waals surface area contributed by atoms with Gasteiger partial charge in [0.25, 0.3) is 0 Å². The molecular weight excluding hydrogens is 202 g/mol. The molecule has 0 saturated heterocycles. The first-order valence-electron chi connectivity index (χ1n) is 5.60. The topological polar surface area (TPSA) is 40.5 Å². The monoisotopic (exact) mass is 219 g/mol. The maximum Gasteiger partial charge on any atom is 0.321 e. The van der Waals surface area contributed by atoms with Crippen LogP contribution in [0.1, 0.15) is 16.7 Å². The molecule has 1 aromatic rings. The fourth-order valence-electron chi connectivity index (χ4n) is 2.40. The summed E-state index contributed by atoms with van der Waals surface area (Å²) >= 11 is 0. The second-order valence-corrected chi connectivity index (χ2v) is 4.50. The van der Waals surface area contributed by atoms with Crippen molar-refractivity contribution in [2.45, 2.75) is 25.8 Å². The van der Waals surface area contributed by atoms with Crippen LogP contribution in [0, 0.1) is 6.92 Å². The standard InChI is InChI=1S/C13H17NO2/c1-9-4-3-5-10-8-12(13(15)16)14(2)7-6-11(9)10/h3-5,12H,6-8H2,1-2H3,(H,15,16). The molecule has 0 spiro atoms. The Morgan fingerprint density at radius 3 is 2.94 bits per heavy atom. The van der Waals surface area contributed by atoms with Gasteiger partial charge in [-0.25, -0.2) is 0 Å². The number of aryl methyl sites for hydroxylation is 1. The highest BCUT2D eigenvalue weighted by atomic mass is 16.4. The summed E-state index contributed by atoms with van der Waals surface area (Å²) in [6.07, 6.45) is 1.56. The zero-order chi connectivity index (χ0) is 11.7. The minimum absolute atomic E-state index is 0.386. The number of fused-ring (bicyclic) bond motifs is 1. The molecule has 3 nitrogen and oxygen atoms in total. The molecular formula is C13H17NO2. The van der Waals surface area contributed by atoms with Gasteiger partial charge in [0, 0.05) is 6.54 Å². The molecule has 0 saturated carbocycles. The van der Waals surface area contributed by atoms with E-state index in [2.05, 4.69) is 19.1 Å². The summed E-state index contributed by atoms with van der Waals surface area (Å²) in [5.41, 5.74) is 3.80. The summed E-state index contributed by atoms with van der Waals surface area (Å²) in [5.74, 6) is -0.725. The third-order valence-corrected chi connectivity index (χ3v) is 3.45. The van der Waals surface area contributed by atoms with Gasteiger partial charge in [0.1, 0.15) is 6.04 Å². The molecule has 0 radical (unpaired) electrons. The summed E-state index contributed by atoms with van der Waals surface area (Å²) in [6.45, 7) is 2.91. The third-order valence-electron chi connectivity index (χ3n) is 3.45. The van der Waals surface area contributed by atoms with Crippen LogP contribution in [0.15, 0.2) is 18.2 Å². The van der Waals surface area contributed by atoms with Gasteiger partial charge in [0.05, 0.1) is 0 Å². The lowest BCUT2D eigenvalue weighted by Gasteiger charge is -2.21. The minimum Gasteiger partial charge on any atom is -0.480 e. The molecule has 0 bridgehead atoms. The third kappa shape index (κ3) is 1.95. The van der Waals surface area contributed by atoms with Crippen LogP contribution in [0.2, 0.25) is 0 Å². The Hall–Kier alpha value is -1.35. The number of benzene rings is 1. The van der Waals surface area contributed by atoms with Gasteiger partial charge in [0.2, 0.25) is 0 Å². The van der Waals surface area contributed by atoms with Crippen LogP contribution >= 0.6 is 0 Å². The summed E-state index contributed by atoms with van der Waals surface area (Å²) in [7, 11) is 1.89. The fraction of sp³-hybridized carbons (Fsp3) is 0.462. The highest BCUT2D eigenvalue weighted by Crippen LogP contribution is 2.22. The molecule has 0 fully saturated rings. The normalized spacial score (nSPS) is 21.2. The number of likely N-dealkylation sites (N-methyl/N-ethyl adjacent to an activating group) is 1. The first-order valence-corrected chi connectivity index (χ1v) is 5.60. The lowest BCUT2D eigenvalue weighted by atomic mass is 9.96. The van der Waals surface area contributed by atoms with E-state index in [-0.39, 0.29) is 6.04 Å². The zero-order valence-electron chi connectivity index (χ0n) is 9.73. The molecule has 1 N–H and O–H groups in total. The average Bonchev–Trinajstić information content (AvgIpc) is 2.39. The highest BCUT2D eigenvalue weighted by molar-refractivity contribution is 5.74. The quantitative estimate of drug-likeness (QED) is 0.777. The van der Waals surface area contributed by atoms with Crippen molar-refractivity contribution in [3.63, 3.8) is 0 Å². The lowest BCUT2D eigenvalue weighted by Crippen LogP contribution is -2.39. The Kier molecular flexibility index (Phi) is 2.97. The number of aliphatic carboxylic acids is 1. The minimum atomic E-state index is -0.725. The van der Waals surface area contributed by atoms with Gasteiger partial charge in [-0.2, -0.15) is 0 Å². The second kappa shape index (κ2) is 4.26. The SMILES string of the molecule is Cc1cccc2c1CCN(C)C(C(=O)O)C2. The lowest BCUT2D eigenvalue weighted by molar-refractivity contribution is -0.142. The Morgan fingerprint density at radius 1 is 1.50 bits per heavy atom. The predicted octanol–water partition coefficient (Wildman–Crippen LogP) is 1.48. The van der Waals surface area contributed by atoms with Gasteiger partial charge < -0.3 is 5.11 Å². The van der Waals surface area contributed by atoms with Crippen molar-refractivity contribution in [1.29, 1.82) is 0 Å². The maximum atomic E-state index is 11.2. The number of nitrogens with zero attached hydrogens (tertiary/aromatic N) is 1. The van der Waals surface area contributed by atoms with Gasteiger partial charge in [-0.1, -0.05) is 18.2 Å². The zero-order valence-corrected chi connectivity index (χ0v) is 9.73. The smallest absolute Gasteiger partial charge is 0.321 e. The van der Waals surface area contributed by atoms with Crippen molar-refractivity contribution < 1.29 is 9.90 Å². The molecule has 0 aliphatic carbocycles. The van der Waals surface area contributed by atoms with Crippen LogP contribution < -0.4 is 0 Å². The molecule has 3 heteroatoms. The number of rotatable bonds is 1. The first-order chi connectivity index (χ1) is 7.59. The summed E-state index contributed by atoms with van der Waals surface area (Å²) in [6, 6.07) is 5.78. The van der Waals surface area contributed by atoms with E-state index in [1.165, 1.54) is 16.7 Å². The predicted molar refractivity (Wildman–Crippen MR) is 62.6 cm³/mol. The van der Waals surface area contributed by atoms with Crippen molar-refractivity contribution in [3.8, 4) is 0 Å². The van der Waals surface area contributed by atoms with Gasteiger partial charge in [0.15, 0.2) is 0 Å². The van der Waals surface area contributed by atoms with E-state index >= 15 is 0 Å². The molecule has 1 unspecified atom stereocenters. The second-order valence-electron chi connectivity index (χ2n) is 4.50. The molecule has 2 rings (SSSR count). The van der Waals surface area contributed by atoms with E-state index in [9.17, 15) is 9.90 Å². The molecule has 1 aliphatic heterocycles.